The molecule has 4 rings (SSSR count). The normalized spacial score (nSPS) is 16.1. The van der Waals surface area contributed by atoms with Gasteiger partial charge in [-0.2, -0.15) is 0 Å². The molecular formula is C22H16F2N2O2. The number of halogens is 2. The molecule has 1 N–H and O–H groups in total. The van der Waals surface area contributed by atoms with Gasteiger partial charge in [0, 0.05) is 16.8 Å². The van der Waals surface area contributed by atoms with Gasteiger partial charge in [-0.05, 0) is 42.0 Å². The molecule has 1 aliphatic rings. The summed E-state index contributed by atoms with van der Waals surface area (Å²) in [5.74, 6) is -1.95. The highest BCUT2D eigenvalue weighted by Gasteiger charge is 2.34. The number of hydrogen-bond acceptors (Lipinski definition) is 2. The first kappa shape index (κ1) is 17.9. The molecule has 3 aromatic carbocycles. The van der Waals surface area contributed by atoms with Crippen molar-refractivity contribution in [1.82, 2.24) is 4.90 Å². The van der Waals surface area contributed by atoms with Gasteiger partial charge in [0.05, 0.1) is 6.04 Å². The maximum absolute atomic E-state index is 14.1. The highest BCUT2D eigenvalue weighted by Crippen LogP contribution is 2.36. The predicted molar refractivity (Wildman–Crippen MR) is 101 cm³/mol. The number of anilines is 1. The fourth-order valence-corrected chi connectivity index (χ4v) is 3.45. The third-order valence-corrected chi connectivity index (χ3v) is 4.66. The van der Waals surface area contributed by atoms with Gasteiger partial charge in [-0.15, -0.1) is 0 Å². The zero-order valence-electron chi connectivity index (χ0n) is 14.7. The molecule has 0 saturated heterocycles. The largest absolute Gasteiger partial charge is 0.324 e. The lowest BCUT2D eigenvalue weighted by atomic mass is 9.95. The van der Waals surface area contributed by atoms with Crippen LogP contribution in [0.3, 0.4) is 0 Å². The van der Waals surface area contributed by atoms with E-state index in [0.717, 1.165) is 11.6 Å². The van der Waals surface area contributed by atoms with Crippen LogP contribution in [0.2, 0.25) is 0 Å². The van der Waals surface area contributed by atoms with Gasteiger partial charge in [0.1, 0.15) is 18.2 Å². The number of nitrogens with zero attached hydrogens (tertiary/aromatic N) is 1. The summed E-state index contributed by atoms with van der Waals surface area (Å²) >= 11 is 0. The van der Waals surface area contributed by atoms with E-state index in [0.29, 0.717) is 11.3 Å². The first-order valence-electron chi connectivity index (χ1n) is 8.74. The molecule has 1 atom stereocenters. The summed E-state index contributed by atoms with van der Waals surface area (Å²) in [5, 5.41) is 2.72. The Morgan fingerprint density at radius 1 is 0.929 bits per heavy atom. The van der Waals surface area contributed by atoms with Crippen LogP contribution in [0, 0.1) is 11.6 Å². The van der Waals surface area contributed by atoms with Gasteiger partial charge in [0.25, 0.3) is 5.91 Å². The maximum Gasteiger partial charge on any atom is 0.255 e. The Hall–Kier alpha value is -3.54. The molecule has 28 heavy (non-hydrogen) atoms. The van der Waals surface area contributed by atoms with E-state index >= 15 is 0 Å². The van der Waals surface area contributed by atoms with E-state index in [4.69, 9.17) is 0 Å². The Balaban J connectivity index is 1.89. The van der Waals surface area contributed by atoms with Crippen molar-refractivity contribution >= 4 is 17.5 Å². The molecule has 2 amide bonds. The van der Waals surface area contributed by atoms with Crippen molar-refractivity contribution in [2.45, 2.75) is 6.04 Å². The summed E-state index contributed by atoms with van der Waals surface area (Å²) in [6.07, 6.45) is 0. The smallest absolute Gasteiger partial charge is 0.255 e. The number of carbonyl (C=O) groups is 2. The number of carbonyl (C=O) groups excluding carboxylic acids is 2. The molecule has 0 fully saturated rings. The van der Waals surface area contributed by atoms with Gasteiger partial charge >= 0.3 is 0 Å². The summed E-state index contributed by atoms with van der Waals surface area (Å²) in [6.45, 7) is -0.245. The lowest BCUT2D eigenvalue weighted by Crippen LogP contribution is -2.39. The summed E-state index contributed by atoms with van der Waals surface area (Å²) in [4.78, 5) is 27.0. The van der Waals surface area contributed by atoms with Crippen molar-refractivity contribution in [3.05, 3.63) is 101 Å². The molecule has 0 aliphatic carbocycles. The molecule has 0 saturated carbocycles. The zero-order chi connectivity index (χ0) is 19.7. The molecule has 1 aliphatic heterocycles. The molecule has 140 valence electrons. The van der Waals surface area contributed by atoms with Crippen LogP contribution < -0.4 is 5.32 Å². The number of fused-ring (bicyclic) bond motifs is 1. The monoisotopic (exact) mass is 378 g/mol. The maximum atomic E-state index is 14.1. The van der Waals surface area contributed by atoms with Crippen LogP contribution in [0.25, 0.3) is 0 Å². The zero-order valence-corrected chi connectivity index (χ0v) is 14.7. The topological polar surface area (TPSA) is 49.4 Å². The average molecular weight is 378 g/mol. The van der Waals surface area contributed by atoms with E-state index in [9.17, 15) is 18.4 Å². The fourth-order valence-electron chi connectivity index (χ4n) is 3.45. The lowest BCUT2D eigenvalue weighted by molar-refractivity contribution is -0.117. The molecule has 1 unspecified atom stereocenters. The molecule has 0 aromatic heterocycles. The van der Waals surface area contributed by atoms with Crippen LogP contribution in [0.4, 0.5) is 14.5 Å². The van der Waals surface area contributed by atoms with Gasteiger partial charge < -0.3 is 10.2 Å². The van der Waals surface area contributed by atoms with Crippen LogP contribution in [0.15, 0.2) is 72.8 Å². The molecule has 3 aromatic rings. The van der Waals surface area contributed by atoms with Gasteiger partial charge in [0.15, 0.2) is 0 Å². The molecule has 6 heteroatoms. The van der Waals surface area contributed by atoms with Crippen molar-refractivity contribution in [1.29, 1.82) is 0 Å². The minimum atomic E-state index is -0.707. The van der Waals surface area contributed by atoms with E-state index in [1.54, 1.807) is 24.3 Å². The third kappa shape index (κ3) is 3.36. The van der Waals surface area contributed by atoms with E-state index in [1.807, 2.05) is 6.07 Å². The quantitative estimate of drug-likeness (QED) is 0.728. The van der Waals surface area contributed by atoms with Crippen LogP contribution in [-0.2, 0) is 4.79 Å². The van der Waals surface area contributed by atoms with Crippen LogP contribution in [0.5, 0.6) is 0 Å². The third-order valence-electron chi connectivity index (χ3n) is 4.66. The average Bonchev–Trinajstić information content (AvgIpc) is 2.83. The second-order valence-corrected chi connectivity index (χ2v) is 6.54. The number of hydrogen-bond donors (Lipinski definition) is 1. The van der Waals surface area contributed by atoms with Crippen molar-refractivity contribution in [2.75, 3.05) is 11.9 Å². The molecule has 0 radical (unpaired) electrons. The minimum Gasteiger partial charge on any atom is -0.324 e. The van der Waals surface area contributed by atoms with Crippen molar-refractivity contribution in [3.63, 3.8) is 0 Å². The lowest BCUT2D eigenvalue weighted by Gasteiger charge is -2.30. The van der Waals surface area contributed by atoms with E-state index in [1.165, 1.54) is 41.3 Å². The van der Waals surface area contributed by atoms with Crippen molar-refractivity contribution in [3.8, 4) is 0 Å². The molecule has 4 nitrogen and oxygen atoms in total. The Morgan fingerprint density at radius 3 is 2.43 bits per heavy atom. The standard InChI is InChI=1S/C22H16F2N2O2/c23-16-8-4-7-15(11-16)22(28)26-13-20(27)25-19-10-9-17(24)12-18(19)21(26)14-5-2-1-3-6-14/h1-12,21H,13H2,(H,25,27). The van der Waals surface area contributed by atoms with Crippen molar-refractivity contribution in [2.24, 2.45) is 0 Å². The highest BCUT2D eigenvalue weighted by atomic mass is 19.1. The van der Waals surface area contributed by atoms with Gasteiger partial charge in [-0.1, -0.05) is 36.4 Å². The Morgan fingerprint density at radius 2 is 1.68 bits per heavy atom. The highest BCUT2D eigenvalue weighted by molar-refractivity contribution is 6.01. The Bertz CT molecular complexity index is 1050. The SMILES string of the molecule is O=C1CN(C(=O)c2cccc(F)c2)C(c2ccccc2)c2cc(F)ccc2N1. The molecular weight excluding hydrogens is 362 g/mol. The molecule has 0 spiro atoms. The number of nitrogens with one attached hydrogen (secondary N) is 1. The fraction of sp³-hybridized carbons (Fsp3) is 0.0909. The molecule has 0 bridgehead atoms. The van der Waals surface area contributed by atoms with E-state index in [-0.39, 0.29) is 12.1 Å². The summed E-state index contributed by atoms with van der Waals surface area (Å²) in [7, 11) is 0. The van der Waals surface area contributed by atoms with E-state index < -0.39 is 29.5 Å². The predicted octanol–water partition coefficient (Wildman–Crippen LogP) is 4.15. The van der Waals surface area contributed by atoms with Crippen LogP contribution >= 0.6 is 0 Å². The number of benzene rings is 3. The number of rotatable bonds is 2. The first-order chi connectivity index (χ1) is 13.5. The minimum absolute atomic E-state index is 0.119. The van der Waals surface area contributed by atoms with Crippen molar-refractivity contribution < 1.29 is 18.4 Å². The second kappa shape index (κ2) is 7.23. The molecule has 1 heterocycles. The Kier molecular flexibility index (Phi) is 4.61. The van der Waals surface area contributed by atoms with E-state index in [2.05, 4.69) is 5.32 Å². The van der Waals surface area contributed by atoms with Crippen LogP contribution in [0.1, 0.15) is 27.5 Å². The Labute approximate surface area is 160 Å². The van der Waals surface area contributed by atoms with Crippen LogP contribution in [-0.4, -0.2) is 23.3 Å². The van der Waals surface area contributed by atoms with Gasteiger partial charge in [-0.25, -0.2) is 8.78 Å². The second-order valence-electron chi connectivity index (χ2n) is 6.54. The first-order valence-corrected chi connectivity index (χ1v) is 8.74. The summed E-state index contributed by atoms with van der Waals surface area (Å²) in [6, 6.07) is 17.7. The summed E-state index contributed by atoms with van der Waals surface area (Å²) < 4.78 is 27.7. The summed E-state index contributed by atoms with van der Waals surface area (Å²) in [5.41, 5.74) is 1.74. The van der Waals surface area contributed by atoms with Gasteiger partial charge in [-0.3, -0.25) is 9.59 Å². The van der Waals surface area contributed by atoms with Gasteiger partial charge in [0.2, 0.25) is 5.91 Å². The number of amides is 2.